The molecule has 3 aromatic rings. The monoisotopic (exact) mass is 532 g/mol. The van der Waals surface area contributed by atoms with E-state index in [0.29, 0.717) is 35.7 Å². The van der Waals surface area contributed by atoms with E-state index < -0.39 is 11.6 Å². The maximum atomic E-state index is 13.8. The second kappa shape index (κ2) is 11.6. The predicted octanol–water partition coefficient (Wildman–Crippen LogP) is 7.58. The van der Waals surface area contributed by atoms with Crippen molar-refractivity contribution in [2.45, 2.75) is 52.0 Å². The van der Waals surface area contributed by atoms with Crippen molar-refractivity contribution in [2.75, 3.05) is 18.4 Å². The van der Waals surface area contributed by atoms with Crippen LogP contribution in [0.5, 0.6) is 0 Å². The summed E-state index contributed by atoms with van der Waals surface area (Å²) in [6, 6.07) is 15.8. The molecule has 0 aliphatic carbocycles. The van der Waals surface area contributed by atoms with Crippen LogP contribution in [0.2, 0.25) is 5.02 Å². The number of halogens is 4. The van der Waals surface area contributed by atoms with Crippen LogP contribution in [0, 0.1) is 11.6 Å². The molecule has 1 aliphatic rings. The number of rotatable bonds is 6. The van der Waals surface area contributed by atoms with Gasteiger partial charge in [0.25, 0.3) is 5.91 Å². The molecule has 3 nitrogen and oxygen atoms in total. The molecule has 0 spiro atoms. The summed E-state index contributed by atoms with van der Waals surface area (Å²) in [6.45, 7) is 8.04. The van der Waals surface area contributed by atoms with E-state index in [9.17, 15) is 13.6 Å². The van der Waals surface area contributed by atoms with E-state index in [1.54, 1.807) is 17.0 Å². The number of benzene rings is 3. The molecule has 1 aliphatic heterocycles. The van der Waals surface area contributed by atoms with Gasteiger partial charge in [-0.2, -0.15) is 0 Å². The van der Waals surface area contributed by atoms with Gasteiger partial charge in [-0.15, -0.1) is 12.4 Å². The Morgan fingerprint density at radius 3 is 2.36 bits per heavy atom. The molecule has 1 heterocycles. The molecule has 0 atom stereocenters. The molecule has 1 N–H and O–H groups in total. The highest BCUT2D eigenvalue weighted by Gasteiger charge is 2.24. The largest absolute Gasteiger partial charge is 0.384 e. The van der Waals surface area contributed by atoms with Gasteiger partial charge in [0, 0.05) is 24.7 Å². The average molecular weight is 533 g/mol. The summed E-state index contributed by atoms with van der Waals surface area (Å²) < 4.78 is 27.2. The molecule has 4 rings (SSSR count). The van der Waals surface area contributed by atoms with E-state index in [4.69, 9.17) is 11.6 Å². The van der Waals surface area contributed by atoms with E-state index >= 15 is 0 Å². The molecule has 0 bridgehead atoms. The lowest BCUT2D eigenvalue weighted by Gasteiger charge is -2.27. The molecule has 0 aromatic heterocycles. The number of carbonyl (C=O) groups excluding carboxylic acids is 1. The smallest absolute Gasteiger partial charge is 0.256 e. The van der Waals surface area contributed by atoms with Crippen LogP contribution in [-0.2, 0) is 24.8 Å². The fraction of sp³-hybridized carbons (Fsp3) is 0.345. The van der Waals surface area contributed by atoms with Crippen LogP contribution in [0.25, 0.3) is 0 Å². The van der Waals surface area contributed by atoms with E-state index in [2.05, 4.69) is 38.2 Å². The third kappa shape index (κ3) is 6.57. The first-order valence-electron chi connectivity index (χ1n) is 12.0. The summed E-state index contributed by atoms with van der Waals surface area (Å²) in [7, 11) is 0. The molecular weight excluding hydrogens is 501 g/mol. The van der Waals surface area contributed by atoms with E-state index in [1.165, 1.54) is 11.6 Å². The van der Waals surface area contributed by atoms with Crippen LogP contribution >= 0.6 is 24.0 Å². The minimum absolute atomic E-state index is 0. The number of anilines is 1. The first-order chi connectivity index (χ1) is 16.6. The van der Waals surface area contributed by atoms with Crippen LogP contribution in [0.1, 0.15) is 59.8 Å². The van der Waals surface area contributed by atoms with Gasteiger partial charge in [0.1, 0.15) is 0 Å². The Morgan fingerprint density at radius 2 is 1.69 bits per heavy atom. The minimum Gasteiger partial charge on any atom is -0.384 e. The molecule has 0 saturated heterocycles. The molecule has 0 saturated carbocycles. The number of aryl methyl sites for hydroxylation is 1. The Bertz CT molecular complexity index is 1220. The molecule has 3 aromatic carbocycles. The van der Waals surface area contributed by atoms with Gasteiger partial charge < -0.3 is 10.2 Å². The highest BCUT2D eigenvalue weighted by Crippen LogP contribution is 2.31. The van der Waals surface area contributed by atoms with Crippen LogP contribution in [0.3, 0.4) is 0 Å². The topological polar surface area (TPSA) is 32.3 Å². The Balaban J connectivity index is 0.00000361. The maximum absolute atomic E-state index is 13.8. The first-order valence-corrected chi connectivity index (χ1v) is 12.4. The van der Waals surface area contributed by atoms with Gasteiger partial charge >= 0.3 is 0 Å². The molecular formula is C29H32Cl2F2N2O. The zero-order valence-electron chi connectivity index (χ0n) is 20.8. The van der Waals surface area contributed by atoms with Gasteiger partial charge in [0.2, 0.25) is 0 Å². The molecule has 0 fully saturated rings. The third-order valence-electron chi connectivity index (χ3n) is 6.47. The number of nitrogens with zero attached hydrogens (tertiary/aromatic N) is 1. The third-order valence-corrected chi connectivity index (χ3v) is 6.69. The van der Waals surface area contributed by atoms with Gasteiger partial charge in [0.05, 0.1) is 11.3 Å². The van der Waals surface area contributed by atoms with Gasteiger partial charge in [-0.1, -0.05) is 62.7 Å². The molecule has 36 heavy (non-hydrogen) atoms. The fourth-order valence-corrected chi connectivity index (χ4v) is 4.68. The van der Waals surface area contributed by atoms with Crippen LogP contribution in [0.4, 0.5) is 14.5 Å². The lowest BCUT2D eigenvalue weighted by molar-refractivity contribution is 0.0746. The first kappa shape index (κ1) is 27.9. The highest BCUT2D eigenvalue weighted by atomic mass is 35.5. The Labute approximate surface area is 223 Å². The Kier molecular flexibility index (Phi) is 9.02. The van der Waals surface area contributed by atoms with Gasteiger partial charge in [-0.3, -0.25) is 4.79 Å². The molecule has 7 heteroatoms. The van der Waals surface area contributed by atoms with Crippen molar-refractivity contribution < 1.29 is 13.6 Å². The fourth-order valence-electron chi connectivity index (χ4n) is 4.44. The normalized spacial score (nSPS) is 12.8. The van der Waals surface area contributed by atoms with Gasteiger partial charge in [-0.25, -0.2) is 8.78 Å². The van der Waals surface area contributed by atoms with Crippen molar-refractivity contribution in [3.8, 4) is 0 Å². The van der Waals surface area contributed by atoms with E-state index in [0.717, 1.165) is 42.3 Å². The molecule has 192 valence electrons. The van der Waals surface area contributed by atoms with Crippen molar-refractivity contribution >= 4 is 35.6 Å². The summed E-state index contributed by atoms with van der Waals surface area (Å²) >= 11 is 6.38. The SMILES string of the molecule is CC(C)(C)c1ccc(CN(CCc2ccc(F)c(F)c2)C(=O)c2cc(Cl)cc3c2NCCC3)cc1.Cl. The lowest BCUT2D eigenvalue weighted by Crippen LogP contribution is -2.33. The second-order valence-electron chi connectivity index (χ2n) is 10.2. The molecule has 0 radical (unpaired) electrons. The van der Waals surface area contributed by atoms with E-state index in [1.807, 2.05) is 18.2 Å². The summed E-state index contributed by atoms with van der Waals surface area (Å²) in [5, 5.41) is 3.91. The highest BCUT2D eigenvalue weighted by molar-refractivity contribution is 6.31. The zero-order valence-corrected chi connectivity index (χ0v) is 22.4. The van der Waals surface area contributed by atoms with Gasteiger partial charge in [0.15, 0.2) is 11.6 Å². The summed E-state index contributed by atoms with van der Waals surface area (Å²) in [5.74, 6) is -1.90. The predicted molar refractivity (Wildman–Crippen MR) is 145 cm³/mol. The van der Waals surface area contributed by atoms with Crippen molar-refractivity contribution in [3.63, 3.8) is 0 Å². The number of amides is 1. The van der Waals surface area contributed by atoms with Crippen LogP contribution < -0.4 is 5.32 Å². The van der Waals surface area contributed by atoms with E-state index in [-0.39, 0.29) is 23.7 Å². The Morgan fingerprint density at radius 1 is 1.00 bits per heavy atom. The minimum atomic E-state index is -0.883. The van der Waals surface area contributed by atoms with Crippen molar-refractivity contribution in [1.29, 1.82) is 0 Å². The standard InChI is InChI=1S/C29H31ClF2N2O.ClH/c1-29(2,3)22-9-6-20(7-10-22)18-34(14-12-19-8-11-25(31)26(32)15-19)28(35)24-17-23(30)16-21-5-4-13-33-27(21)24;/h6-11,15-17,33H,4-5,12-14,18H2,1-3H3;1H. The summed E-state index contributed by atoms with van der Waals surface area (Å²) in [6.07, 6.45) is 2.26. The lowest BCUT2D eigenvalue weighted by atomic mass is 9.87. The van der Waals surface area contributed by atoms with Crippen molar-refractivity contribution in [1.82, 2.24) is 4.90 Å². The maximum Gasteiger partial charge on any atom is 0.256 e. The number of nitrogens with one attached hydrogen (secondary N) is 1. The van der Waals surface area contributed by atoms with Crippen LogP contribution in [-0.4, -0.2) is 23.9 Å². The number of carbonyl (C=O) groups is 1. The molecule has 1 amide bonds. The average Bonchev–Trinajstić information content (AvgIpc) is 2.82. The zero-order chi connectivity index (χ0) is 25.2. The molecule has 0 unspecified atom stereocenters. The van der Waals surface area contributed by atoms with Gasteiger partial charge in [-0.05, 0) is 71.2 Å². The summed E-state index contributed by atoms with van der Waals surface area (Å²) in [5.41, 5.74) is 5.31. The van der Waals surface area contributed by atoms with Crippen molar-refractivity contribution in [2.24, 2.45) is 0 Å². The van der Waals surface area contributed by atoms with Crippen molar-refractivity contribution in [3.05, 3.63) is 99.1 Å². The Hall–Kier alpha value is -2.63. The number of hydrogen-bond acceptors (Lipinski definition) is 2. The summed E-state index contributed by atoms with van der Waals surface area (Å²) in [4.78, 5) is 15.6. The number of fused-ring (bicyclic) bond motifs is 1. The quantitative estimate of drug-likeness (QED) is 0.354. The second-order valence-corrected chi connectivity index (χ2v) is 10.6. The van der Waals surface area contributed by atoms with Crippen LogP contribution in [0.15, 0.2) is 54.6 Å². The number of hydrogen-bond donors (Lipinski definition) is 1.